The van der Waals surface area contributed by atoms with Gasteiger partial charge < -0.3 is 5.32 Å². The van der Waals surface area contributed by atoms with E-state index in [0.717, 1.165) is 31.4 Å². The van der Waals surface area contributed by atoms with Crippen LogP contribution in [0.5, 0.6) is 0 Å². The minimum Gasteiger partial charge on any atom is -0.315 e. The van der Waals surface area contributed by atoms with Gasteiger partial charge in [-0.2, -0.15) is 4.31 Å². The lowest BCUT2D eigenvalue weighted by atomic mass is 10.0. The molecule has 0 atom stereocenters. The molecule has 1 N–H and O–H groups in total. The van der Waals surface area contributed by atoms with Gasteiger partial charge in [-0.3, -0.25) is 0 Å². The third kappa shape index (κ3) is 4.80. The molecule has 0 unspecified atom stereocenters. The van der Waals surface area contributed by atoms with Gasteiger partial charge in [-0.1, -0.05) is 38.1 Å². The monoisotopic (exact) mass is 310 g/mol. The maximum absolute atomic E-state index is 12.4. The molecule has 0 fully saturated rings. The van der Waals surface area contributed by atoms with Crippen molar-refractivity contribution in [2.45, 2.75) is 45.7 Å². The first-order chi connectivity index (χ1) is 9.99. The molecular formula is C16H26N2O2S. The molecule has 21 heavy (non-hydrogen) atoms. The van der Waals surface area contributed by atoms with Crippen LogP contribution in [-0.4, -0.2) is 37.6 Å². The lowest BCUT2D eigenvalue weighted by molar-refractivity contribution is 0.390. The molecule has 4 nitrogen and oxygen atoms in total. The maximum atomic E-state index is 12.4. The van der Waals surface area contributed by atoms with Crippen molar-refractivity contribution in [1.82, 2.24) is 9.62 Å². The van der Waals surface area contributed by atoms with Crippen LogP contribution in [0.3, 0.4) is 0 Å². The fraction of sp³-hybridized carbons (Fsp3) is 0.625. The van der Waals surface area contributed by atoms with Gasteiger partial charge in [0.1, 0.15) is 0 Å². The van der Waals surface area contributed by atoms with Gasteiger partial charge >= 0.3 is 0 Å². The van der Waals surface area contributed by atoms with Gasteiger partial charge in [0.05, 0.1) is 5.75 Å². The first-order valence-electron chi connectivity index (χ1n) is 7.77. The second-order valence-corrected chi connectivity index (χ2v) is 8.07. The number of hydrogen-bond donors (Lipinski definition) is 1. The fourth-order valence-electron chi connectivity index (χ4n) is 2.64. The first kappa shape index (κ1) is 16.5. The zero-order valence-electron chi connectivity index (χ0n) is 13.0. The Balaban J connectivity index is 1.84. The smallest absolute Gasteiger partial charge is 0.214 e. The summed E-state index contributed by atoms with van der Waals surface area (Å²) >= 11 is 0. The highest BCUT2D eigenvalue weighted by Gasteiger charge is 2.25. The van der Waals surface area contributed by atoms with E-state index in [0.29, 0.717) is 19.1 Å². The molecule has 2 rings (SSSR count). The summed E-state index contributed by atoms with van der Waals surface area (Å²) in [6.07, 6.45) is 2.45. The maximum Gasteiger partial charge on any atom is 0.214 e. The van der Waals surface area contributed by atoms with Crippen LogP contribution in [0.2, 0.25) is 0 Å². The Hall–Kier alpha value is -0.910. The molecule has 118 valence electrons. The van der Waals surface area contributed by atoms with Crippen LogP contribution in [0, 0.1) is 0 Å². The molecule has 0 radical (unpaired) electrons. The van der Waals surface area contributed by atoms with E-state index in [1.165, 1.54) is 5.56 Å². The van der Waals surface area contributed by atoms with E-state index < -0.39 is 10.0 Å². The molecule has 1 aliphatic heterocycles. The molecule has 0 aliphatic carbocycles. The van der Waals surface area contributed by atoms with Gasteiger partial charge in [-0.05, 0) is 36.9 Å². The molecule has 0 saturated carbocycles. The molecule has 0 aromatic heterocycles. The Morgan fingerprint density at radius 3 is 2.62 bits per heavy atom. The Labute approximate surface area is 128 Å². The Morgan fingerprint density at radius 1 is 1.19 bits per heavy atom. The largest absolute Gasteiger partial charge is 0.315 e. The normalized spacial score (nSPS) is 16.1. The third-order valence-corrected chi connectivity index (χ3v) is 5.77. The number of rotatable bonds is 7. The van der Waals surface area contributed by atoms with Crippen molar-refractivity contribution in [2.24, 2.45) is 0 Å². The van der Waals surface area contributed by atoms with E-state index in [1.807, 2.05) is 18.2 Å². The number of unbranched alkanes of at least 4 members (excludes halogenated alkanes) is 1. The standard InChI is InChI=1S/C16H26N2O2S/c1-14(2)17-10-5-6-12-21(19,20)18-11-9-15-7-3-4-8-16(15)13-18/h3-4,7-8,14,17H,5-6,9-13H2,1-2H3. The topological polar surface area (TPSA) is 49.4 Å². The van der Waals surface area contributed by atoms with Crippen molar-refractivity contribution in [3.8, 4) is 0 Å². The number of nitrogens with zero attached hydrogens (tertiary/aromatic N) is 1. The van der Waals surface area contributed by atoms with Gasteiger partial charge in [-0.25, -0.2) is 8.42 Å². The van der Waals surface area contributed by atoms with E-state index >= 15 is 0 Å². The summed E-state index contributed by atoms with van der Waals surface area (Å²) in [5.74, 6) is 0.259. The quantitative estimate of drug-likeness (QED) is 0.785. The van der Waals surface area contributed by atoms with Crippen LogP contribution in [0.1, 0.15) is 37.8 Å². The summed E-state index contributed by atoms with van der Waals surface area (Å²) in [5.41, 5.74) is 2.43. The average molecular weight is 310 g/mol. The second kappa shape index (κ2) is 7.38. The van der Waals surface area contributed by atoms with Crippen molar-refractivity contribution in [3.63, 3.8) is 0 Å². The molecule has 1 heterocycles. The first-order valence-corrected chi connectivity index (χ1v) is 9.38. The molecule has 1 aromatic rings. The van der Waals surface area contributed by atoms with Crippen molar-refractivity contribution in [1.29, 1.82) is 0 Å². The summed E-state index contributed by atoms with van der Waals surface area (Å²) in [4.78, 5) is 0. The van der Waals surface area contributed by atoms with Crippen LogP contribution in [0.4, 0.5) is 0 Å². The van der Waals surface area contributed by atoms with Crippen LogP contribution >= 0.6 is 0 Å². The molecule has 0 bridgehead atoms. The Morgan fingerprint density at radius 2 is 1.90 bits per heavy atom. The zero-order chi connectivity index (χ0) is 15.3. The molecule has 0 spiro atoms. The van der Waals surface area contributed by atoms with Crippen molar-refractivity contribution in [3.05, 3.63) is 35.4 Å². The number of nitrogens with one attached hydrogen (secondary N) is 1. The number of sulfonamides is 1. The van der Waals surface area contributed by atoms with E-state index in [9.17, 15) is 8.42 Å². The number of hydrogen-bond acceptors (Lipinski definition) is 3. The highest BCUT2D eigenvalue weighted by Crippen LogP contribution is 2.21. The van der Waals surface area contributed by atoms with E-state index in [4.69, 9.17) is 0 Å². The van der Waals surface area contributed by atoms with Gasteiger partial charge in [0.2, 0.25) is 10.0 Å². The Bertz CT molecular complexity index is 555. The molecule has 5 heteroatoms. The van der Waals surface area contributed by atoms with Crippen molar-refractivity contribution in [2.75, 3.05) is 18.8 Å². The molecule has 0 amide bonds. The molecular weight excluding hydrogens is 284 g/mol. The SMILES string of the molecule is CC(C)NCCCCS(=O)(=O)N1CCc2ccccc2C1. The summed E-state index contributed by atoms with van der Waals surface area (Å²) in [6, 6.07) is 8.58. The predicted octanol–water partition coefficient (Wildman–Crippen LogP) is 2.15. The minimum absolute atomic E-state index is 0.259. The van der Waals surface area contributed by atoms with E-state index in [-0.39, 0.29) is 5.75 Å². The lowest BCUT2D eigenvalue weighted by Crippen LogP contribution is -2.37. The lowest BCUT2D eigenvalue weighted by Gasteiger charge is -2.28. The Kier molecular flexibility index (Phi) is 5.79. The van der Waals surface area contributed by atoms with Crippen LogP contribution in [0.15, 0.2) is 24.3 Å². The van der Waals surface area contributed by atoms with Gasteiger partial charge in [-0.15, -0.1) is 0 Å². The van der Waals surface area contributed by atoms with Crippen molar-refractivity contribution >= 4 is 10.0 Å². The summed E-state index contributed by atoms with van der Waals surface area (Å²) < 4.78 is 26.4. The predicted molar refractivity (Wildman–Crippen MR) is 86.7 cm³/mol. The average Bonchev–Trinajstić information content (AvgIpc) is 2.46. The highest BCUT2D eigenvalue weighted by molar-refractivity contribution is 7.89. The summed E-state index contributed by atoms with van der Waals surface area (Å²) in [7, 11) is -3.12. The van der Waals surface area contributed by atoms with Gasteiger partial charge in [0.25, 0.3) is 0 Å². The third-order valence-electron chi connectivity index (χ3n) is 3.87. The number of fused-ring (bicyclic) bond motifs is 1. The molecule has 1 aromatic carbocycles. The van der Waals surface area contributed by atoms with Crippen LogP contribution in [-0.2, 0) is 23.0 Å². The minimum atomic E-state index is -3.12. The van der Waals surface area contributed by atoms with Gasteiger partial charge in [0.15, 0.2) is 0 Å². The van der Waals surface area contributed by atoms with Crippen molar-refractivity contribution < 1.29 is 8.42 Å². The van der Waals surface area contributed by atoms with Gasteiger partial charge in [0, 0.05) is 19.1 Å². The second-order valence-electron chi connectivity index (χ2n) is 5.98. The van der Waals surface area contributed by atoms with E-state index in [1.54, 1.807) is 4.31 Å². The van der Waals surface area contributed by atoms with Crippen LogP contribution in [0.25, 0.3) is 0 Å². The van der Waals surface area contributed by atoms with Crippen LogP contribution < -0.4 is 5.32 Å². The summed E-state index contributed by atoms with van der Waals surface area (Å²) in [5, 5.41) is 3.32. The highest BCUT2D eigenvalue weighted by atomic mass is 32.2. The fourth-order valence-corrected chi connectivity index (χ4v) is 4.17. The zero-order valence-corrected chi connectivity index (χ0v) is 13.8. The molecule has 1 aliphatic rings. The number of benzene rings is 1. The summed E-state index contributed by atoms with van der Waals surface area (Å²) in [6.45, 7) is 6.23. The van der Waals surface area contributed by atoms with E-state index in [2.05, 4.69) is 25.2 Å². The molecule has 0 saturated heterocycles.